The lowest BCUT2D eigenvalue weighted by Gasteiger charge is -2.27. The highest BCUT2D eigenvalue weighted by molar-refractivity contribution is 5.95. The molecular weight excluding hydrogens is 302 g/mol. The van der Waals surface area contributed by atoms with Gasteiger partial charge in [-0.05, 0) is 18.6 Å². The molecule has 0 atom stereocenters. The molecule has 1 aromatic rings. The maximum Gasteiger partial charge on any atom is 0.339 e. The number of carbonyl (C=O) groups excluding carboxylic acids is 3. The summed E-state index contributed by atoms with van der Waals surface area (Å²) in [4.78, 5) is 40.0. The zero-order valence-electron chi connectivity index (χ0n) is 13.2. The summed E-state index contributed by atoms with van der Waals surface area (Å²) in [6.45, 7) is 1.26. The number of ether oxygens (including phenoxy) is 2. The number of esters is 1. The molecule has 0 aliphatic carbocycles. The number of rotatable bonds is 5. The van der Waals surface area contributed by atoms with Crippen LogP contribution < -0.4 is 0 Å². The summed E-state index contributed by atoms with van der Waals surface area (Å²) in [6.07, 6.45) is 2.21. The van der Waals surface area contributed by atoms with Gasteiger partial charge in [-0.25, -0.2) is 9.80 Å². The molecule has 0 spiro atoms. The molecule has 1 aromatic heterocycles. The van der Waals surface area contributed by atoms with Crippen molar-refractivity contribution < 1.29 is 23.9 Å². The minimum atomic E-state index is -0.519. The first kappa shape index (κ1) is 16.9. The second-order valence-corrected chi connectivity index (χ2v) is 4.97. The van der Waals surface area contributed by atoms with Crippen LogP contribution in [0.25, 0.3) is 0 Å². The maximum atomic E-state index is 12.5. The molecule has 124 valence electrons. The Morgan fingerprint density at radius 2 is 1.91 bits per heavy atom. The van der Waals surface area contributed by atoms with E-state index < -0.39 is 5.97 Å². The Morgan fingerprint density at radius 1 is 1.17 bits per heavy atom. The number of aromatic nitrogens is 1. The molecule has 8 heteroatoms. The Labute approximate surface area is 133 Å². The van der Waals surface area contributed by atoms with Crippen molar-refractivity contribution in [2.24, 2.45) is 0 Å². The van der Waals surface area contributed by atoms with Crippen LogP contribution >= 0.6 is 0 Å². The van der Waals surface area contributed by atoms with Gasteiger partial charge in [-0.1, -0.05) is 0 Å². The van der Waals surface area contributed by atoms with Crippen molar-refractivity contribution in [1.29, 1.82) is 0 Å². The number of pyridine rings is 1. The van der Waals surface area contributed by atoms with E-state index in [4.69, 9.17) is 4.74 Å². The molecule has 1 saturated heterocycles. The van der Waals surface area contributed by atoms with Crippen LogP contribution in [0, 0.1) is 0 Å². The Kier molecular flexibility index (Phi) is 5.64. The van der Waals surface area contributed by atoms with Gasteiger partial charge in [0.25, 0.3) is 5.91 Å². The van der Waals surface area contributed by atoms with Crippen molar-refractivity contribution in [3.05, 3.63) is 29.6 Å². The first-order valence-corrected chi connectivity index (χ1v) is 7.24. The summed E-state index contributed by atoms with van der Waals surface area (Å²) in [6, 6.07) is 2.92. The molecule has 0 bridgehead atoms. The van der Waals surface area contributed by atoms with Crippen molar-refractivity contribution in [3.8, 4) is 0 Å². The minimum absolute atomic E-state index is 0.163. The SMILES string of the molecule is COCCC(=O)N1CCCN1C(=O)c1ccc(C(=O)OC)cn1. The Morgan fingerprint density at radius 3 is 2.52 bits per heavy atom. The minimum Gasteiger partial charge on any atom is -0.465 e. The highest BCUT2D eigenvalue weighted by Gasteiger charge is 2.31. The fourth-order valence-electron chi connectivity index (χ4n) is 2.29. The maximum absolute atomic E-state index is 12.5. The van der Waals surface area contributed by atoms with Crippen LogP contribution in [0.15, 0.2) is 18.3 Å². The van der Waals surface area contributed by atoms with Crippen molar-refractivity contribution >= 4 is 17.8 Å². The van der Waals surface area contributed by atoms with Gasteiger partial charge >= 0.3 is 5.97 Å². The van der Waals surface area contributed by atoms with Gasteiger partial charge in [0.2, 0.25) is 5.91 Å². The third-order valence-electron chi connectivity index (χ3n) is 3.48. The average molecular weight is 321 g/mol. The Balaban J connectivity index is 2.09. The quantitative estimate of drug-likeness (QED) is 0.734. The predicted octanol–water partition coefficient (Wildman–Crippen LogP) is 0.494. The van der Waals surface area contributed by atoms with Crippen LogP contribution in [-0.4, -0.2) is 66.7 Å². The van der Waals surface area contributed by atoms with Gasteiger partial charge < -0.3 is 9.47 Å². The number of hydrogen-bond donors (Lipinski definition) is 0. The Hall–Kier alpha value is -2.48. The van der Waals surface area contributed by atoms with Gasteiger partial charge in [0, 0.05) is 26.4 Å². The molecule has 2 amide bonds. The van der Waals surface area contributed by atoms with E-state index in [2.05, 4.69) is 9.72 Å². The molecule has 0 saturated carbocycles. The third kappa shape index (κ3) is 3.84. The second-order valence-electron chi connectivity index (χ2n) is 4.97. The largest absolute Gasteiger partial charge is 0.465 e. The number of carbonyl (C=O) groups is 3. The number of hydrogen-bond acceptors (Lipinski definition) is 6. The third-order valence-corrected chi connectivity index (χ3v) is 3.48. The highest BCUT2D eigenvalue weighted by atomic mass is 16.5. The lowest BCUT2D eigenvalue weighted by molar-refractivity contribution is -0.141. The second kappa shape index (κ2) is 7.68. The number of hydrazine groups is 1. The number of amides is 2. The fourth-order valence-corrected chi connectivity index (χ4v) is 2.29. The van der Waals surface area contributed by atoms with Crippen LogP contribution in [0.3, 0.4) is 0 Å². The molecule has 0 unspecified atom stereocenters. The van der Waals surface area contributed by atoms with Crippen molar-refractivity contribution in [2.75, 3.05) is 33.9 Å². The molecule has 1 aliphatic heterocycles. The lowest BCUT2D eigenvalue weighted by atomic mass is 10.2. The summed E-state index contributed by atoms with van der Waals surface area (Å²) < 4.78 is 9.47. The van der Waals surface area contributed by atoms with E-state index in [9.17, 15) is 14.4 Å². The Bertz CT molecular complexity index is 587. The standard InChI is InChI=1S/C15H19N3O5/c1-22-9-6-13(19)17-7-3-8-18(17)14(20)12-5-4-11(10-16-12)15(21)23-2/h4-5,10H,3,6-9H2,1-2H3. The van der Waals surface area contributed by atoms with Gasteiger partial charge in [0.15, 0.2) is 0 Å². The monoisotopic (exact) mass is 321 g/mol. The molecule has 1 aliphatic rings. The summed E-state index contributed by atoms with van der Waals surface area (Å²) in [5.41, 5.74) is 0.433. The van der Waals surface area contributed by atoms with Gasteiger partial charge in [-0.3, -0.25) is 19.6 Å². The van der Waals surface area contributed by atoms with Crippen LogP contribution in [-0.2, 0) is 14.3 Å². The van der Waals surface area contributed by atoms with E-state index in [0.717, 1.165) is 0 Å². The first-order valence-electron chi connectivity index (χ1n) is 7.24. The van der Waals surface area contributed by atoms with E-state index in [1.807, 2.05) is 0 Å². The molecule has 0 aromatic carbocycles. The molecule has 8 nitrogen and oxygen atoms in total. The topological polar surface area (TPSA) is 89.0 Å². The smallest absolute Gasteiger partial charge is 0.339 e. The number of nitrogens with zero attached hydrogens (tertiary/aromatic N) is 3. The van der Waals surface area contributed by atoms with Crippen molar-refractivity contribution in [1.82, 2.24) is 15.0 Å². The molecule has 0 radical (unpaired) electrons. The molecule has 2 heterocycles. The normalized spacial score (nSPS) is 14.0. The predicted molar refractivity (Wildman–Crippen MR) is 79.4 cm³/mol. The average Bonchev–Trinajstić information content (AvgIpc) is 3.08. The summed E-state index contributed by atoms with van der Waals surface area (Å²) in [7, 11) is 2.79. The molecular formula is C15H19N3O5. The van der Waals surface area contributed by atoms with Gasteiger partial charge in [-0.2, -0.15) is 0 Å². The fraction of sp³-hybridized carbons (Fsp3) is 0.467. The van der Waals surface area contributed by atoms with Crippen LogP contribution in [0.4, 0.5) is 0 Å². The summed E-state index contributed by atoms with van der Waals surface area (Å²) >= 11 is 0. The zero-order valence-corrected chi connectivity index (χ0v) is 13.2. The van der Waals surface area contributed by atoms with E-state index in [-0.39, 0.29) is 29.5 Å². The van der Waals surface area contributed by atoms with Crippen LogP contribution in [0.5, 0.6) is 0 Å². The molecule has 2 rings (SSSR count). The molecule has 23 heavy (non-hydrogen) atoms. The van der Waals surface area contributed by atoms with E-state index in [1.165, 1.54) is 42.6 Å². The van der Waals surface area contributed by atoms with Crippen LogP contribution in [0.1, 0.15) is 33.7 Å². The summed E-state index contributed by atoms with van der Waals surface area (Å²) in [5.74, 6) is -1.05. The van der Waals surface area contributed by atoms with E-state index >= 15 is 0 Å². The van der Waals surface area contributed by atoms with Gasteiger partial charge in [0.1, 0.15) is 5.69 Å². The van der Waals surface area contributed by atoms with Gasteiger partial charge in [0.05, 0.1) is 25.7 Å². The van der Waals surface area contributed by atoms with Gasteiger partial charge in [-0.15, -0.1) is 0 Å². The highest BCUT2D eigenvalue weighted by Crippen LogP contribution is 2.15. The van der Waals surface area contributed by atoms with Crippen LogP contribution in [0.2, 0.25) is 0 Å². The molecule has 1 fully saturated rings. The van der Waals surface area contributed by atoms with Crippen molar-refractivity contribution in [2.45, 2.75) is 12.8 Å². The summed E-state index contributed by atoms with van der Waals surface area (Å²) in [5, 5.41) is 2.81. The van der Waals surface area contributed by atoms with E-state index in [1.54, 1.807) is 0 Å². The zero-order chi connectivity index (χ0) is 16.8. The number of methoxy groups -OCH3 is 2. The van der Waals surface area contributed by atoms with E-state index in [0.29, 0.717) is 26.1 Å². The first-order chi connectivity index (χ1) is 11.1. The lowest BCUT2D eigenvalue weighted by Crippen LogP contribution is -2.45. The van der Waals surface area contributed by atoms with Crippen molar-refractivity contribution in [3.63, 3.8) is 0 Å². The molecule has 0 N–H and O–H groups in total.